The Hall–Kier alpha value is -2.82. The molecule has 0 aliphatic carbocycles. The summed E-state index contributed by atoms with van der Waals surface area (Å²) >= 11 is 0. The summed E-state index contributed by atoms with van der Waals surface area (Å²) in [5.74, 6) is 0.288. The first-order valence-corrected chi connectivity index (χ1v) is 10.9. The number of anilines is 1. The maximum atomic E-state index is 12.8. The molecule has 1 aliphatic heterocycles. The van der Waals surface area contributed by atoms with Crippen molar-refractivity contribution in [3.05, 3.63) is 53.7 Å². The van der Waals surface area contributed by atoms with E-state index in [9.17, 15) is 18.0 Å². The van der Waals surface area contributed by atoms with Gasteiger partial charge in [0.25, 0.3) is 0 Å². The topological polar surface area (TPSA) is 109 Å². The number of benzene rings is 1. The average Bonchev–Trinajstić information content (AvgIpc) is 2.74. The lowest BCUT2D eigenvalue weighted by molar-refractivity contribution is 0.101. The number of ether oxygens (including phenoxy) is 1. The number of pyridine rings is 1. The Balaban J connectivity index is 1.60. The number of amides is 2. The number of rotatable bonds is 6. The quantitative estimate of drug-likeness (QED) is 0.699. The molecule has 1 aliphatic rings. The van der Waals surface area contributed by atoms with Gasteiger partial charge in [-0.15, -0.1) is 0 Å². The number of aromatic nitrogens is 1. The van der Waals surface area contributed by atoms with Crippen LogP contribution in [0.4, 0.5) is 10.6 Å². The number of methoxy groups -OCH3 is 1. The molecule has 1 saturated heterocycles. The average molecular weight is 433 g/mol. The highest BCUT2D eigenvalue weighted by Crippen LogP contribution is 2.19. The second-order valence-electron chi connectivity index (χ2n) is 6.88. The fourth-order valence-corrected chi connectivity index (χ4v) is 4.55. The molecule has 0 radical (unpaired) electrons. The first kappa shape index (κ1) is 21.9. The highest BCUT2D eigenvalue weighted by Gasteiger charge is 2.30. The number of piperazine rings is 1. The van der Waals surface area contributed by atoms with Crippen molar-refractivity contribution in [1.82, 2.24) is 14.2 Å². The second kappa shape index (κ2) is 9.33. The summed E-state index contributed by atoms with van der Waals surface area (Å²) in [4.78, 5) is 29.7. The van der Waals surface area contributed by atoms with Crippen molar-refractivity contribution >= 4 is 27.7 Å². The van der Waals surface area contributed by atoms with Crippen molar-refractivity contribution in [2.75, 3.05) is 38.6 Å². The zero-order chi connectivity index (χ0) is 21.7. The van der Waals surface area contributed by atoms with Crippen molar-refractivity contribution in [1.29, 1.82) is 0 Å². The van der Waals surface area contributed by atoms with E-state index >= 15 is 0 Å². The van der Waals surface area contributed by atoms with E-state index in [1.807, 2.05) is 0 Å². The number of carbonyl (C=O) groups is 2. The van der Waals surface area contributed by atoms with Gasteiger partial charge in [0.1, 0.15) is 5.82 Å². The zero-order valence-electron chi connectivity index (χ0n) is 16.9. The summed E-state index contributed by atoms with van der Waals surface area (Å²) in [6.07, 6.45) is 1.59. The molecule has 1 N–H and O–H groups in total. The number of sulfonamides is 1. The van der Waals surface area contributed by atoms with E-state index in [0.29, 0.717) is 18.0 Å². The Labute approximate surface area is 175 Å². The lowest BCUT2D eigenvalue weighted by atomic mass is 10.2. The Morgan fingerprint density at radius 3 is 2.37 bits per heavy atom. The number of urea groups is 1. The van der Waals surface area contributed by atoms with E-state index in [1.54, 1.807) is 30.3 Å². The van der Waals surface area contributed by atoms with E-state index < -0.39 is 10.0 Å². The molecule has 0 unspecified atom stereocenters. The summed E-state index contributed by atoms with van der Waals surface area (Å²) < 4.78 is 32.1. The molecule has 0 bridgehead atoms. The molecule has 2 amide bonds. The molecule has 2 aromatic rings. The summed E-state index contributed by atoms with van der Waals surface area (Å²) in [6, 6.07) is 9.07. The maximum Gasteiger partial charge on any atom is 0.323 e. The van der Waals surface area contributed by atoms with Gasteiger partial charge in [-0.25, -0.2) is 18.2 Å². The van der Waals surface area contributed by atoms with Crippen molar-refractivity contribution < 1.29 is 22.7 Å². The highest BCUT2D eigenvalue weighted by atomic mass is 32.2. The maximum absolute atomic E-state index is 12.8. The van der Waals surface area contributed by atoms with E-state index in [-0.39, 0.29) is 42.9 Å². The molecule has 10 heteroatoms. The van der Waals surface area contributed by atoms with Crippen molar-refractivity contribution in [2.24, 2.45) is 0 Å². The van der Waals surface area contributed by atoms with E-state index in [1.165, 1.54) is 35.5 Å². The standard InChI is InChI=1S/C20H24N4O5S/c1-15(25)17-3-5-18(6-4-17)30(27,28)24-11-9-23(10-12-24)20(26)22-19-13-16(14-29-2)7-8-21-19/h3-8,13H,9-12,14H2,1-2H3,(H,21,22,26). The van der Waals surface area contributed by atoms with Crippen LogP contribution in [0.2, 0.25) is 0 Å². The number of nitrogens with one attached hydrogen (secondary N) is 1. The third-order valence-electron chi connectivity index (χ3n) is 4.79. The third-order valence-corrected chi connectivity index (χ3v) is 6.71. The first-order valence-electron chi connectivity index (χ1n) is 9.42. The molecular formula is C20H24N4O5S. The van der Waals surface area contributed by atoms with Crippen LogP contribution in [0.1, 0.15) is 22.8 Å². The predicted octanol–water partition coefficient (Wildman–Crippen LogP) is 1.97. The van der Waals surface area contributed by atoms with Crippen LogP contribution in [0.15, 0.2) is 47.5 Å². The van der Waals surface area contributed by atoms with E-state index in [0.717, 1.165) is 5.56 Å². The minimum Gasteiger partial charge on any atom is -0.380 e. The number of ketones is 1. The Morgan fingerprint density at radius 2 is 1.77 bits per heavy atom. The minimum absolute atomic E-state index is 0.124. The molecule has 0 atom stereocenters. The van der Waals surface area contributed by atoms with Crippen LogP contribution in [0.5, 0.6) is 0 Å². The molecule has 1 aromatic heterocycles. The number of hydrogen-bond donors (Lipinski definition) is 1. The molecule has 2 heterocycles. The van der Waals surface area contributed by atoms with Gasteiger partial charge in [-0.3, -0.25) is 10.1 Å². The van der Waals surface area contributed by atoms with Gasteiger partial charge in [-0.1, -0.05) is 12.1 Å². The number of Topliss-reactive ketones (excluding diaryl/α,β-unsaturated/α-hetero) is 1. The molecule has 30 heavy (non-hydrogen) atoms. The van der Waals surface area contributed by atoms with Gasteiger partial charge < -0.3 is 9.64 Å². The summed E-state index contributed by atoms with van der Waals surface area (Å²) in [5, 5.41) is 2.73. The van der Waals surface area contributed by atoms with E-state index in [2.05, 4.69) is 10.3 Å². The van der Waals surface area contributed by atoms with Gasteiger partial charge in [0.2, 0.25) is 10.0 Å². The van der Waals surface area contributed by atoms with Gasteiger partial charge >= 0.3 is 6.03 Å². The fraction of sp³-hybridized carbons (Fsp3) is 0.350. The molecule has 160 valence electrons. The van der Waals surface area contributed by atoms with Crippen LogP contribution in [0, 0.1) is 0 Å². The second-order valence-corrected chi connectivity index (χ2v) is 8.82. The smallest absolute Gasteiger partial charge is 0.323 e. The predicted molar refractivity (Wildman–Crippen MR) is 111 cm³/mol. The molecule has 9 nitrogen and oxygen atoms in total. The summed E-state index contributed by atoms with van der Waals surface area (Å²) in [5.41, 5.74) is 1.34. The van der Waals surface area contributed by atoms with Crippen LogP contribution < -0.4 is 5.32 Å². The molecule has 0 spiro atoms. The molecule has 1 aromatic carbocycles. The number of carbonyl (C=O) groups excluding carboxylic acids is 2. The minimum atomic E-state index is -3.69. The molecule has 3 rings (SSSR count). The zero-order valence-corrected chi connectivity index (χ0v) is 17.7. The van der Waals surface area contributed by atoms with Crippen LogP contribution in [0.25, 0.3) is 0 Å². The molecular weight excluding hydrogens is 408 g/mol. The Morgan fingerprint density at radius 1 is 1.10 bits per heavy atom. The SMILES string of the molecule is COCc1ccnc(NC(=O)N2CCN(S(=O)(=O)c3ccc(C(C)=O)cc3)CC2)c1. The monoisotopic (exact) mass is 432 g/mol. The van der Waals surface area contributed by atoms with Crippen LogP contribution >= 0.6 is 0 Å². The first-order chi connectivity index (χ1) is 14.3. The normalized spacial score (nSPS) is 15.1. The van der Waals surface area contributed by atoms with Gasteiger partial charge in [0.15, 0.2) is 5.78 Å². The number of nitrogens with zero attached hydrogens (tertiary/aromatic N) is 3. The Kier molecular flexibility index (Phi) is 6.80. The van der Waals surface area contributed by atoms with Crippen LogP contribution in [-0.4, -0.2) is 67.7 Å². The van der Waals surface area contributed by atoms with E-state index in [4.69, 9.17) is 4.74 Å². The van der Waals surface area contributed by atoms with Crippen molar-refractivity contribution in [2.45, 2.75) is 18.4 Å². The summed E-state index contributed by atoms with van der Waals surface area (Å²) in [6.45, 7) is 2.72. The van der Waals surface area contributed by atoms with Crippen molar-refractivity contribution in [3.63, 3.8) is 0 Å². The third kappa shape index (κ3) is 5.02. The largest absolute Gasteiger partial charge is 0.380 e. The highest BCUT2D eigenvalue weighted by molar-refractivity contribution is 7.89. The fourth-order valence-electron chi connectivity index (χ4n) is 3.13. The summed E-state index contributed by atoms with van der Waals surface area (Å²) in [7, 11) is -2.10. The van der Waals surface area contributed by atoms with Gasteiger partial charge in [0, 0.05) is 45.0 Å². The van der Waals surface area contributed by atoms with Crippen LogP contribution in [0.3, 0.4) is 0 Å². The van der Waals surface area contributed by atoms with Gasteiger partial charge in [-0.2, -0.15) is 4.31 Å². The van der Waals surface area contributed by atoms with Gasteiger partial charge in [0.05, 0.1) is 11.5 Å². The lowest BCUT2D eigenvalue weighted by Crippen LogP contribution is -2.51. The van der Waals surface area contributed by atoms with Crippen LogP contribution in [-0.2, 0) is 21.4 Å². The molecule has 1 fully saturated rings. The lowest BCUT2D eigenvalue weighted by Gasteiger charge is -2.33. The van der Waals surface area contributed by atoms with Crippen molar-refractivity contribution in [3.8, 4) is 0 Å². The molecule has 0 saturated carbocycles. The number of hydrogen-bond acceptors (Lipinski definition) is 6. The van der Waals surface area contributed by atoms with Gasteiger partial charge in [-0.05, 0) is 36.8 Å². The Bertz CT molecular complexity index is 1020.